The molecule has 0 amide bonds. The Morgan fingerprint density at radius 2 is 2.25 bits per heavy atom. The Hall–Kier alpha value is -1.91. The van der Waals surface area contributed by atoms with E-state index in [1.807, 2.05) is 24.3 Å². The lowest BCUT2D eigenvalue weighted by atomic mass is 10.3. The lowest BCUT2D eigenvalue weighted by Crippen LogP contribution is -2.09. The van der Waals surface area contributed by atoms with Gasteiger partial charge in [-0.2, -0.15) is 0 Å². The number of fused-ring (bicyclic) bond motifs is 1. The number of carbonyl (C=O) groups excluding carboxylic acids is 1. The number of esters is 1. The highest BCUT2D eigenvalue weighted by atomic mass is 16.5. The number of carbonyl (C=O) groups is 1. The summed E-state index contributed by atoms with van der Waals surface area (Å²) in [7, 11) is 0. The van der Waals surface area contributed by atoms with Crippen LogP contribution in [-0.4, -0.2) is 27.6 Å². The maximum atomic E-state index is 11.2. The molecule has 0 aliphatic rings. The van der Waals surface area contributed by atoms with Gasteiger partial charge in [-0.05, 0) is 19.1 Å². The molecule has 0 saturated carbocycles. The average Bonchev–Trinajstić information content (AvgIpc) is 2.70. The fourth-order valence-corrected chi connectivity index (χ4v) is 1.51. The van der Waals surface area contributed by atoms with Crippen LogP contribution in [0.2, 0.25) is 0 Å². The highest BCUT2D eigenvalue weighted by Gasteiger charge is 2.06. The minimum absolute atomic E-state index is 0.206. The zero-order valence-corrected chi connectivity index (χ0v) is 9.09. The van der Waals surface area contributed by atoms with Gasteiger partial charge >= 0.3 is 5.97 Å². The molecule has 0 saturated heterocycles. The predicted octanol–water partition coefficient (Wildman–Crippen LogP) is 1.38. The van der Waals surface area contributed by atoms with Crippen molar-refractivity contribution in [2.75, 3.05) is 6.61 Å². The Morgan fingerprint density at radius 3 is 3.06 bits per heavy atom. The fourth-order valence-electron chi connectivity index (χ4n) is 1.51. The van der Waals surface area contributed by atoms with E-state index < -0.39 is 0 Å². The van der Waals surface area contributed by atoms with E-state index in [2.05, 4.69) is 10.3 Å². The molecule has 0 fully saturated rings. The maximum absolute atomic E-state index is 11.2. The second kappa shape index (κ2) is 4.74. The Labute approximate surface area is 93.0 Å². The summed E-state index contributed by atoms with van der Waals surface area (Å²) in [4.78, 5) is 11.2. The zero-order valence-electron chi connectivity index (χ0n) is 9.09. The van der Waals surface area contributed by atoms with Crippen LogP contribution in [0.3, 0.4) is 0 Å². The van der Waals surface area contributed by atoms with Crippen LogP contribution in [0.1, 0.15) is 13.3 Å². The number of nitrogens with zero attached hydrogens (tertiary/aromatic N) is 3. The molecule has 0 aliphatic carbocycles. The third-order valence-corrected chi connectivity index (χ3v) is 2.25. The average molecular weight is 219 g/mol. The molecule has 84 valence electrons. The molecule has 0 N–H and O–H groups in total. The van der Waals surface area contributed by atoms with E-state index in [0.29, 0.717) is 19.6 Å². The van der Waals surface area contributed by atoms with E-state index >= 15 is 0 Å². The van der Waals surface area contributed by atoms with Gasteiger partial charge < -0.3 is 4.74 Å². The smallest absolute Gasteiger partial charge is 0.307 e. The van der Waals surface area contributed by atoms with Crippen LogP contribution in [0.5, 0.6) is 0 Å². The maximum Gasteiger partial charge on any atom is 0.307 e. The molecule has 0 aliphatic heterocycles. The lowest BCUT2D eigenvalue weighted by molar-refractivity contribution is -0.143. The van der Waals surface area contributed by atoms with Crippen molar-refractivity contribution >= 4 is 17.0 Å². The molecular formula is C11H13N3O2. The third-order valence-electron chi connectivity index (χ3n) is 2.25. The van der Waals surface area contributed by atoms with Crippen LogP contribution in [0.4, 0.5) is 0 Å². The monoisotopic (exact) mass is 219 g/mol. The molecule has 5 nitrogen and oxygen atoms in total. The molecule has 0 atom stereocenters. The summed E-state index contributed by atoms with van der Waals surface area (Å²) in [6.45, 7) is 2.71. The molecule has 2 rings (SSSR count). The third kappa shape index (κ3) is 2.18. The molecule has 0 spiro atoms. The van der Waals surface area contributed by atoms with Gasteiger partial charge in [0.25, 0.3) is 0 Å². The van der Waals surface area contributed by atoms with Crippen molar-refractivity contribution in [3.63, 3.8) is 0 Å². The van der Waals surface area contributed by atoms with Gasteiger partial charge in [-0.15, -0.1) is 5.10 Å². The number of benzene rings is 1. The molecule has 5 heteroatoms. The van der Waals surface area contributed by atoms with E-state index in [9.17, 15) is 4.79 Å². The van der Waals surface area contributed by atoms with Gasteiger partial charge in [0, 0.05) is 0 Å². The summed E-state index contributed by atoms with van der Waals surface area (Å²) >= 11 is 0. The number of aromatic nitrogens is 3. The topological polar surface area (TPSA) is 57.0 Å². The summed E-state index contributed by atoms with van der Waals surface area (Å²) in [5.74, 6) is -0.206. The predicted molar refractivity (Wildman–Crippen MR) is 58.8 cm³/mol. The summed E-state index contributed by atoms with van der Waals surface area (Å²) in [6.07, 6.45) is 0.321. The fraction of sp³-hybridized carbons (Fsp3) is 0.364. The first-order valence-electron chi connectivity index (χ1n) is 5.25. The zero-order chi connectivity index (χ0) is 11.4. The van der Waals surface area contributed by atoms with Crippen LogP contribution >= 0.6 is 0 Å². The molecule has 1 heterocycles. The van der Waals surface area contributed by atoms with Gasteiger partial charge in [-0.3, -0.25) is 4.79 Å². The second-order valence-electron chi connectivity index (χ2n) is 3.36. The van der Waals surface area contributed by atoms with Crippen molar-refractivity contribution in [3.05, 3.63) is 24.3 Å². The minimum atomic E-state index is -0.206. The molecular weight excluding hydrogens is 206 g/mol. The van der Waals surface area contributed by atoms with Crippen molar-refractivity contribution in [2.24, 2.45) is 0 Å². The minimum Gasteiger partial charge on any atom is -0.466 e. The molecule has 1 aromatic heterocycles. The van der Waals surface area contributed by atoms with Gasteiger partial charge in [-0.25, -0.2) is 4.68 Å². The normalized spacial score (nSPS) is 10.6. The largest absolute Gasteiger partial charge is 0.466 e. The van der Waals surface area contributed by atoms with Crippen LogP contribution in [0.25, 0.3) is 11.0 Å². The quantitative estimate of drug-likeness (QED) is 0.729. The number of aryl methyl sites for hydroxylation is 1. The van der Waals surface area contributed by atoms with Gasteiger partial charge in [0.1, 0.15) is 5.52 Å². The number of ether oxygens (including phenoxy) is 1. The van der Waals surface area contributed by atoms with Crippen molar-refractivity contribution in [1.29, 1.82) is 0 Å². The first kappa shape index (κ1) is 10.6. The number of hydrogen-bond donors (Lipinski definition) is 0. The van der Waals surface area contributed by atoms with Crippen LogP contribution in [0.15, 0.2) is 24.3 Å². The van der Waals surface area contributed by atoms with Crippen molar-refractivity contribution in [2.45, 2.75) is 19.9 Å². The van der Waals surface area contributed by atoms with Crippen LogP contribution in [0, 0.1) is 0 Å². The number of para-hydroxylation sites is 1. The number of rotatable bonds is 4. The van der Waals surface area contributed by atoms with E-state index in [0.717, 1.165) is 11.0 Å². The highest BCUT2D eigenvalue weighted by Crippen LogP contribution is 2.09. The standard InChI is InChI=1S/C11H13N3O2/c1-2-16-11(15)7-8-14-10-6-4-3-5-9(10)12-13-14/h3-6H,2,7-8H2,1H3. The van der Waals surface area contributed by atoms with Gasteiger partial charge in [-0.1, -0.05) is 17.3 Å². The van der Waals surface area contributed by atoms with Gasteiger partial charge in [0.15, 0.2) is 0 Å². The molecule has 0 radical (unpaired) electrons. The molecule has 2 aromatic rings. The van der Waals surface area contributed by atoms with Gasteiger partial charge in [0.2, 0.25) is 0 Å². The SMILES string of the molecule is CCOC(=O)CCn1nnc2ccccc21. The lowest BCUT2D eigenvalue weighted by Gasteiger charge is -2.02. The Morgan fingerprint density at radius 1 is 1.44 bits per heavy atom. The first-order chi connectivity index (χ1) is 7.81. The summed E-state index contributed by atoms with van der Waals surface area (Å²) in [6, 6.07) is 7.66. The highest BCUT2D eigenvalue weighted by molar-refractivity contribution is 5.74. The van der Waals surface area contributed by atoms with Crippen molar-refractivity contribution < 1.29 is 9.53 Å². The van der Waals surface area contributed by atoms with E-state index in [-0.39, 0.29) is 5.97 Å². The molecule has 0 unspecified atom stereocenters. The summed E-state index contributed by atoms with van der Waals surface area (Å²) in [5, 5.41) is 7.99. The van der Waals surface area contributed by atoms with E-state index in [4.69, 9.17) is 4.74 Å². The Bertz CT molecular complexity index is 493. The first-order valence-corrected chi connectivity index (χ1v) is 5.25. The number of hydrogen-bond acceptors (Lipinski definition) is 4. The van der Waals surface area contributed by atoms with Crippen molar-refractivity contribution in [1.82, 2.24) is 15.0 Å². The molecule has 1 aromatic carbocycles. The Kier molecular flexibility index (Phi) is 3.14. The van der Waals surface area contributed by atoms with E-state index in [1.54, 1.807) is 11.6 Å². The Balaban J connectivity index is 2.07. The molecule has 16 heavy (non-hydrogen) atoms. The molecule has 0 bridgehead atoms. The van der Waals surface area contributed by atoms with E-state index in [1.165, 1.54) is 0 Å². The second-order valence-corrected chi connectivity index (χ2v) is 3.36. The summed E-state index contributed by atoms with van der Waals surface area (Å²) in [5.41, 5.74) is 1.78. The van der Waals surface area contributed by atoms with Crippen molar-refractivity contribution in [3.8, 4) is 0 Å². The van der Waals surface area contributed by atoms with Gasteiger partial charge in [0.05, 0.1) is 25.1 Å². The van der Waals surface area contributed by atoms with Crippen LogP contribution in [-0.2, 0) is 16.1 Å². The summed E-state index contributed by atoms with van der Waals surface area (Å²) < 4.78 is 6.57. The van der Waals surface area contributed by atoms with Crippen LogP contribution < -0.4 is 0 Å².